The number of aliphatic carboxylic acids is 1. The summed E-state index contributed by atoms with van der Waals surface area (Å²) in [5.74, 6) is -1.02. The average molecular weight is 304 g/mol. The minimum atomic E-state index is -1.02. The first-order valence-corrected chi connectivity index (χ1v) is 7.62. The van der Waals surface area contributed by atoms with Gasteiger partial charge in [0.1, 0.15) is 6.04 Å². The van der Waals surface area contributed by atoms with Crippen LogP contribution in [0.1, 0.15) is 11.3 Å². The Bertz CT molecular complexity index is 633. The molecule has 0 bridgehead atoms. The van der Waals surface area contributed by atoms with Gasteiger partial charge in [-0.3, -0.25) is 9.48 Å². The van der Waals surface area contributed by atoms with Gasteiger partial charge in [0.25, 0.3) is 0 Å². The van der Waals surface area contributed by atoms with E-state index in [1.807, 2.05) is 11.8 Å². The smallest absolute Gasteiger partial charge is 0.320 e. The fourth-order valence-electron chi connectivity index (χ4n) is 2.40. The molecular weight excluding hydrogens is 288 g/mol. The first kappa shape index (κ1) is 14.1. The normalized spacial score (nSPS) is 18.4. The number of rotatable bonds is 5. The summed E-state index contributed by atoms with van der Waals surface area (Å²) < 4.78 is 1.77. The van der Waals surface area contributed by atoms with E-state index in [2.05, 4.69) is 34.6 Å². The second-order valence-corrected chi connectivity index (χ2v) is 6.47. The van der Waals surface area contributed by atoms with Crippen molar-refractivity contribution in [1.82, 2.24) is 15.0 Å². The Balaban J connectivity index is 1.60. The van der Waals surface area contributed by atoms with Crippen molar-refractivity contribution < 1.29 is 9.90 Å². The molecule has 2 heterocycles. The summed E-state index contributed by atoms with van der Waals surface area (Å²) in [4.78, 5) is 12.1. The minimum Gasteiger partial charge on any atom is -0.480 e. The van der Waals surface area contributed by atoms with E-state index in [1.54, 1.807) is 10.9 Å². The van der Waals surface area contributed by atoms with Crippen molar-refractivity contribution in [3.8, 4) is 0 Å². The monoisotopic (exact) mass is 304 g/mol. The lowest BCUT2D eigenvalue weighted by Gasteiger charge is -2.07. The van der Waals surface area contributed by atoms with Crippen molar-refractivity contribution in [1.29, 1.82) is 0 Å². The number of carbonyl (C=O) groups is 1. The van der Waals surface area contributed by atoms with Crippen molar-refractivity contribution in [3.63, 3.8) is 0 Å². The number of fused-ring (bicyclic) bond motifs is 1. The maximum Gasteiger partial charge on any atom is 0.320 e. The van der Waals surface area contributed by atoms with E-state index >= 15 is 0 Å². The van der Waals surface area contributed by atoms with Crippen LogP contribution in [0, 0.1) is 0 Å². The van der Waals surface area contributed by atoms with Gasteiger partial charge in [-0.05, 0) is 18.1 Å². The van der Waals surface area contributed by atoms with Gasteiger partial charge in [-0.15, -0.1) is 16.9 Å². The summed E-state index contributed by atoms with van der Waals surface area (Å²) in [6.45, 7) is 0.759. The molecule has 1 aliphatic heterocycles. The molecular formula is C14H16N4O2S. The molecule has 2 unspecified atom stereocenters. The second-order valence-electron chi connectivity index (χ2n) is 5.13. The summed E-state index contributed by atoms with van der Waals surface area (Å²) in [6.07, 6.45) is 3.00. The van der Waals surface area contributed by atoms with Crippen LogP contribution in [0.4, 0.5) is 0 Å². The van der Waals surface area contributed by atoms with E-state index in [9.17, 15) is 4.79 Å². The number of hydrogen-bond acceptors (Lipinski definition) is 5. The van der Waals surface area contributed by atoms with Gasteiger partial charge < -0.3 is 10.8 Å². The molecule has 21 heavy (non-hydrogen) atoms. The van der Waals surface area contributed by atoms with E-state index in [-0.39, 0.29) is 6.42 Å². The number of thioether (sulfide) groups is 1. The Hall–Kier alpha value is -1.86. The van der Waals surface area contributed by atoms with Crippen LogP contribution in [0.3, 0.4) is 0 Å². The largest absolute Gasteiger partial charge is 0.480 e. The Kier molecular flexibility index (Phi) is 3.94. The molecule has 3 N–H and O–H groups in total. The molecule has 7 heteroatoms. The van der Waals surface area contributed by atoms with Crippen molar-refractivity contribution in [2.75, 3.05) is 0 Å². The second kappa shape index (κ2) is 5.87. The van der Waals surface area contributed by atoms with E-state index < -0.39 is 12.0 Å². The zero-order valence-electron chi connectivity index (χ0n) is 11.3. The number of carboxylic acids is 1. The first-order valence-electron chi connectivity index (χ1n) is 6.74. The van der Waals surface area contributed by atoms with E-state index in [1.165, 1.54) is 10.5 Å². The van der Waals surface area contributed by atoms with Gasteiger partial charge in [-0.25, -0.2) is 0 Å². The molecule has 1 aromatic heterocycles. The fraction of sp³-hybridized carbons (Fsp3) is 0.357. The third-order valence-electron chi connectivity index (χ3n) is 3.44. The van der Waals surface area contributed by atoms with Crippen LogP contribution >= 0.6 is 11.8 Å². The van der Waals surface area contributed by atoms with Gasteiger partial charge in [-0.1, -0.05) is 23.4 Å². The topological polar surface area (TPSA) is 94.0 Å². The molecule has 2 aromatic rings. The summed E-state index contributed by atoms with van der Waals surface area (Å²) >= 11 is 1.85. The first-order chi connectivity index (χ1) is 10.1. The van der Waals surface area contributed by atoms with Crippen LogP contribution in [0.25, 0.3) is 0 Å². The molecule has 0 spiro atoms. The van der Waals surface area contributed by atoms with Crippen molar-refractivity contribution in [3.05, 3.63) is 41.7 Å². The standard InChI is InChI=1S/C14H16N4O2S/c15-12(14(19)20)6-10-7-18(17-16-10)8-11-5-9-3-1-2-4-13(9)21-11/h1-4,7,11-12H,5-6,8,15H2,(H,19,20). The highest BCUT2D eigenvalue weighted by atomic mass is 32.2. The van der Waals surface area contributed by atoms with Crippen LogP contribution < -0.4 is 5.73 Å². The third-order valence-corrected chi connectivity index (χ3v) is 4.74. The van der Waals surface area contributed by atoms with Crippen molar-refractivity contribution in [2.24, 2.45) is 5.73 Å². The SMILES string of the molecule is NC(Cc1cn(CC2Cc3ccccc3S2)nn1)C(=O)O. The molecule has 0 saturated heterocycles. The molecule has 1 aromatic carbocycles. The van der Waals surface area contributed by atoms with Gasteiger partial charge in [0, 0.05) is 22.8 Å². The molecule has 0 aliphatic carbocycles. The molecule has 0 fully saturated rings. The lowest BCUT2D eigenvalue weighted by Crippen LogP contribution is -2.32. The van der Waals surface area contributed by atoms with E-state index in [0.717, 1.165) is 13.0 Å². The zero-order valence-corrected chi connectivity index (χ0v) is 12.2. The number of benzene rings is 1. The van der Waals surface area contributed by atoms with Crippen LogP contribution in [0.15, 0.2) is 35.4 Å². The van der Waals surface area contributed by atoms with Gasteiger partial charge >= 0.3 is 5.97 Å². The maximum absolute atomic E-state index is 10.7. The lowest BCUT2D eigenvalue weighted by molar-refractivity contribution is -0.138. The number of nitrogens with zero attached hydrogens (tertiary/aromatic N) is 3. The lowest BCUT2D eigenvalue weighted by atomic mass is 10.1. The summed E-state index contributed by atoms with van der Waals surface area (Å²) in [6, 6.07) is 7.47. The third kappa shape index (κ3) is 3.25. The van der Waals surface area contributed by atoms with Crippen LogP contribution in [-0.2, 0) is 24.2 Å². The van der Waals surface area contributed by atoms with Gasteiger partial charge in [-0.2, -0.15) is 0 Å². The number of nitrogens with two attached hydrogens (primary N) is 1. The summed E-state index contributed by atoms with van der Waals surface area (Å²) in [7, 11) is 0. The summed E-state index contributed by atoms with van der Waals surface area (Å²) in [5.41, 5.74) is 7.49. The van der Waals surface area contributed by atoms with Gasteiger partial charge in [0.2, 0.25) is 0 Å². The molecule has 0 saturated carbocycles. The Morgan fingerprint density at radius 1 is 1.52 bits per heavy atom. The molecule has 6 nitrogen and oxygen atoms in total. The highest BCUT2D eigenvalue weighted by molar-refractivity contribution is 8.00. The molecule has 2 atom stereocenters. The number of hydrogen-bond donors (Lipinski definition) is 2. The fourth-order valence-corrected chi connectivity index (χ4v) is 3.71. The molecule has 3 rings (SSSR count). The van der Waals surface area contributed by atoms with Crippen LogP contribution in [0.2, 0.25) is 0 Å². The summed E-state index contributed by atoms with van der Waals surface area (Å²) in [5, 5.41) is 17.3. The van der Waals surface area contributed by atoms with E-state index in [0.29, 0.717) is 10.9 Å². The van der Waals surface area contributed by atoms with E-state index in [4.69, 9.17) is 10.8 Å². The molecule has 0 radical (unpaired) electrons. The average Bonchev–Trinajstić information content (AvgIpc) is 3.05. The number of aromatic nitrogens is 3. The Morgan fingerprint density at radius 2 is 2.33 bits per heavy atom. The predicted octanol–water partition coefficient (Wildman–Crippen LogP) is 0.949. The zero-order chi connectivity index (χ0) is 14.8. The Morgan fingerprint density at radius 3 is 3.10 bits per heavy atom. The van der Waals surface area contributed by atoms with Crippen LogP contribution in [-0.4, -0.2) is 37.4 Å². The Labute approximate surface area is 126 Å². The predicted molar refractivity (Wildman–Crippen MR) is 79.1 cm³/mol. The molecule has 0 amide bonds. The quantitative estimate of drug-likeness (QED) is 0.854. The highest BCUT2D eigenvalue weighted by Gasteiger charge is 2.23. The minimum absolute atomic E-state index is 0.202. The molecule has 110 valence electrons. The number of carboxylic acid groups (broad SMARTS) is 1. The maximum atomic E-state index is 10.7. The van der Waals surface area contributed by atoms with Crippen LogP contribution in [0.5, 0.6) is 0 Å². The van der Waals surface area contributed by atoms with Gasteiger partial charge in [0.05, 0.1) is 12.2 Å². The molecule has 1 aliphatic rings. The highest BCUT2D eigenvalue weighted by Crippen LogP contribution is 2.37. The van der Waals surface area contributed by atoms with Gasteiger partial charge in [0.15, 0.2) is 0 Å². The van der Waals surface area contributed by atoms with Crippen molar-refractivity contribution in [2.45, 2.75) is 35.6 Å². The van der Waals surface area contributed by atoms with Crippen molar-refractivity contribution >= 4 is 17.7 Å².